The number of hydrogen-bond acceptors (Lipinski definition) is 3. The Morgan fingerprint density at radius 3 is 2.64 bits per heavy atom. The van der Waals surface area contributed by atoms with Crippen LogP contribution in [0.4, 0.5) is 5.69 Å². The predicted molar refractivity (Wildman–Crippen MR) is 90.2 cm³/mol. The SMILES string of the molecule is Cc1c(SCc2ccccc2)cccc1N1CC[C@H](O)C1=O. The summed E-state index contributed by atoms with van der Waals surface area (Å²) >= 11 is 1.77. The maximum absolute atomic E-state index is 12.0. The summed E-state index contributed by atoms with van der Waals surface area (Å²) < 4.78 is 0. The summed E-state index contributed by atoms with van der Waals surface area (Å²) in [6.45, 7) is 2.63. The van der Waals surface area contributed by atoms with Gasteiger partial charge in [0.05, 0.1) is 0 Å². The standard InChI is InChI=1S/C18H19NO2S/c1-13-15(19-11-10-16(20)18(19)21)8-5-9-17(13)22-12-14-6-3-2-4-7-14/h2-9,16,20H,10-12H2,1H3/t16-/m0/s1. The number of anilines is 1. The molecule has 1 fully saturated rings. The van der Waals surface area contributed by atoms with Gasteiger partial charge in [-0.3, -0.25) is 4.79 Å². The molecule has 1 saturated heterocycles. The van der Waals surface area contributed by atoms with Gasteiger partial charge in [-0.25, -0.2) is 0 Å². The fraction of sp³-hybridized carbons (Fsp3) is 0.278. The molecule has 0 saturated carbocycles. The van der Waals surface area contributed by atoms with Crippen LogP contribution in [0.15, 0.2) is 53.4 Å². The van der Waals surface area contributed by atoms with Crippen molar-refractivity contribution in [3.05, 3.63) is 59.7 Å². The van der Waals surface area contributed by atoms with E-state index in [1.165, 1.54) is 10.5 Å². The number of carbonyl (C=O) groups excluding carboxylic acids is 1. The maximum atomic E-state index is 12.0. The summed E-state index contributed by atoms with van der Waals surface area (Å²) in [4.78, 5) is 14.9. The molecule has 1 aliphatic rings. The quantitative estimate of drug-likeness (QED) is 0.880. The van der Waals surface area contributed by atoms with Gasteiger partial charge >= 0.3 is 0 Å². The smallest absolute Gasteiger partial charge is 0.255 e. The number of nitrogens with zero attached hydrogens (tertiary/aromatic N) is 1. The number of thioether (sulfide) groups is 1. The van der Waals surface area contributed by atoms with Gasteiger partial charge in [-0.05, 0) is 30.2 Å². The first kappa shape index (κ1) is 15.1. The molecule has 0 aromatic heterocycles. The number of carbonyl (C=O) groups is 1. The lowest BCUT2D eigenvalue weighted by molar-refractivity contribution is -0.124. The zero-order valence-corrected chi connectivity index (χ0v) is 13.3. The van der Waals surface area contributed by atoms with Crippen molar-refractivity contribution < 1.29 is 9.90 Å². The molecular weight excluding hydrogens is 294 g/mol. The molecule has 0 spiro atoms. The van der Waals surface area contributed by atoms with Crippen molar-refractivity contribution in [2.45, 2.75) is 30.1 Å². The first-order valence-electron chi connectivity index (χ1n) is 7.42. The van der Waals surface area contributed by atoms with Crippen LogP contribution in [0.1, 0.15) is 17.5 Å². The first-order valence-corrected chi connectivity index (χ1v) is 8.41. The molecular formula is C18H19NO2S. The Hall–Kier alpha value is -1.78. The van der Waals surface area contributed by atoms with Crippen molar-refractivity contribution in [1.82, 2.24) is 0 Å². The summed E-state index contributed by atoms with van der Waals surface area (Å²) in [5.41, 5.74) is 3.30. The average Bonchev–Trinajstić information content (AvgIpc) is 2.87. The first-order chi connectivity index (χ1) is 10.7. The van der Waals surface area contributed by atoms with E-state index in [0.29, 0.717) is 13.0 Å². The molecule has 114 valence electrons. The summed E-state index contributed by atoms with van der Waals surface area (Å²) in [6, 6.07) is 16.4. The maximum Gasteiger partial charge on any atom is 0.255 e. The molecule has 1 amide bonds. The van der Waals surface area contributed by atoms with E-state index in [4.69, 9.17) is 0 Å². The molecule has 1 N–H and O–H groups in total. The minimum atomic E-state index is -0.847. The van der Waals surface area contributed by atoms with E-state index in [2.05, 4.69) is 18.2 Å². The van der Waals surface area contributed by atoms with Gasteiger partial charge in [0.2, 0.25) is 0 Å². The number of amides is 1. The summed E-state index contributed by atoms with van der Waals surface area (Å²) in [5.74, 6) is 0.718. The second-order valence-electron chi connectivity index (χ2n) is 5.47. The number of rotatable bonds is 4. The minimum absolute atomic E-state index is 0.187. The van der Waals surface area contributed by atoms with E-state index in [1.807, 2.05) is 37.3 Å². The summed E-state index contributed by atoms with van der Waals surface area (Å²) in [6.07, 6.45) is -0.334. The van der Waals surface area contributed by atoms with E-state index in [1.54, 1.807) is 16.7 Å². The van der Waals surface area contributed by atoms with Gasteiger partial charge in [0.1, 0.15) is 6.10 Å². The number of aliphatic hydroxyl groups is 1. The van der Waals surface area contributed by atoms with Crippen LogP contribution in [0.5, 0.6) is 0 Å². The van der Waals surface area contributed by atoms with Crippen LogP contribution >= 0.6 is 11.8 Å². The van der Waals surface area contributed by atoms with Crippen molar-refractivity contribution in [3.63, 3.8) is 0 Å². The lowest BCUT2D eigenvalue weighted by Crippen LogP contribution is -2.29. The fourth-order valence-electron chi connectivity index (χ4n) is 2.69. The Bertz CT molecular complexity index is 672. The molecule has 2 aromatic rings. The highest BCUT2D eigenvalue weighted by Crippen LogP contribution is 2.33. The van der Waals surface area contributed by atoms with Gasteiger partial charge in [-0.15, -0.1) is 11.8 Å². The number of aliphatic hydroxyl groups excluding tert-OH is 1. The normalized spacial score (nSPS) is 18.0. The third-order valence-electron chi connectivity index (χ3n) is 3.96. The zero-order valence-electron chi connectivity index (χ0n) is 12.5. The van der Waals surface area contributed by atoms with Gasteiger partial charge in [-0.1, -0.05) is 36.4 Å². The molecule has 22 heavy (non-hydrogen) atoms. The van der Waals surface area contributed by atoms with E-state index in [-0.39, 0.29) is 5.91 Å². The molecule has 3 rings (SSSR count). The number of hydrogen-bond donors (Lipinski definition) is 1. The van der Waals surface area contributed by atoms with Crippen LogP contribution in [0, 0.1) is 6.92 Å². The predicted octanol–water partition coefficient (Wildman–Crippen LogP) is 3.38. The topological polar surface area (TPSA) is 40.5 Å². The molecule has 1 aliphatic heterocycles. The Kier molecular flexibility index (Phi) is 4.50. The van der Waals surface area contributed by atoms with Gasteiger partial charge in [0.25, 0.3) is 5.91 Å². The molecule has 1 atom stereocenters. The largest absolute Gasteiger partial charge is 0.383 e. The lowest BCUT2D eigenvalue weighted by Gasteiger charge is -2.20. The van der Waals surface area contributed by atoms with Crippen molar-refractivity contribution >= 4 is 23.4 Å². The molecule has 0 radical (unpaired) electrons. The second-order valence-corrected chi connectivity index (χ2v) is 6.49. The Balaban J connectivity index is 1.79. The molecule has 4 heteroatoms. The van der Waals surface area contributed by atoms with Crippen molar-refractivity contribution in [2.24, 2.45) is 0 Å². The van der Waals surface area contributed by atoms with Crippen LogP contribution in [0.3, 0.4) is 0 Å². The second kappa shape index (κ2) is 6.55. The van der Waals surface area contributed by atoms with Crippen LogP contribution in [-0.2, 0) is 10.5 Å². The Labute approximate surface area is 135 Å². The van der Waals surface area contributed by atoms with Crippen LogP contribution in [0.25, 0.3) is 0 Å². The molecule has 0 bridgehead atoms. The van der Waals surface area contributed by atoms with E-state index in [9.17, 15) is 9.90 Å². The van der Waals surface area contributed by atoms with Crippen LogP contribution in [0.2, 0.25) is 0 Å². The average molecular weight is 313 g/mol. The highest BCUT2D eigenvalue weighted by molar-refractivity contribution is 7.98. The Morgan fingerprint density at radius 2 is 1.95 bits per heavy atom. The highest BCUT2D eigenvalue weighted by Gasteiger charge is 2.31. The van der Waals surface area contributed by atoms with E-state index < -0.39 is 6.10 Å². The molecule has 0 unspecified atom stereocenters. The van der Waals surface area contributed by atoms with Crippen LogP contribution in [-0.4, -0.2) is 23.7 Å². The highest BCUT2D eigenvalue weighted by atomic mass is 32.2. The zero-order chi connectivity index (χ0) is 15.5. The molecule has 3 nitrogen and oxygen atoms in total. The molecule has 2 aromatic carbocycles. The van der Waals surface area contributed by atoms with Gasteiger partial charge in [-0.2, -0.15) is 0 Å². The lowest BCUT2D eigenvalue weighted by atomic mass is 10.2. The van der Waals surface area contributed by atoms with Gasteiger partial charge < -0.3 is 10.0 Å². The third-order valence-corrected chi connectivity index (χ3v) is 5.19. The summed E-state index contributed by atoms with van der Waals surface area (Å²) in [5, 5.41) is 9.65. The van der Waals surface area contributed by atoms with Crippen LogP contribution < -0.4 is 4.90 Å². The summed E-state index contributed by atoms with van der Waals surface area (Å²) in [7, 11) is 0. The third kappa shape index (κ3) is 3.03. The molecule has 0 aliphatic carbocycles. The van der Waals surface area contributed by atoms with Crippen molar-refractivity contribution in [3.8, 4) is 0 Å². The Morgan fingerprint density at radius 1 is 1.18 bits per heavy atom. The van der Waals surface area contributed by atoms with Crippen molar-refractivity contribution in [2.75, 3.05) is 11.4 Å². The molecule has 1 heterocycles. The van der Waals surface area contributed by atoms with Gasteiger partial charge in [0.15, 0.2) is 0 Å². The minimum Gasteiger partial charge on any atom is -0.383 e. The monoisotopic (exact) mass is 313 g/mol. The van der Waals surface area contributed by atoms with E-state index >= 15 is 0 Å². The van der Waals surface area contributed by atoms with Crippen molar-refractivity contribution in [1.29, 1.82) is 0 Å². The van der Waals surface area contributed by atoms with Gasteiger partial charge in [0, 0.05) is 29.3 Å². The number of benzene rings is 2. The van der Waals surface area contributed by atoms with E-state index in [0.717, 1.165) is 17.0 Å². The fourth-order valence-corrected chi connectivity index (χ4v) is 3.70.